The summed E-state index contributed by atoms with van der Waals surface area (Å²) < 4.78 is 29.3. The van der Waals surface area contributed by atoms with Gasteiger partial charge in [-0.25, -0.2) is 13.6 Å². The number of hydrogen-bond donors (Lipinski definition) is 1. The average molecular weight is 373 g/mol. The molecule has 0 saturated heterocycles. The van der Waals surface area contributed by atoms with Crippen molar-refractivity contribution in [2.24, 2.45) is 5.14 Å². The smallest absolute Gasteiger partial charge is 0.238 e. The minimum Gasteiger partial charge on any atom is -0.353 e. The molecule has 0 atom stereocenters. The maximum atomic E-state index is 11.9. The van der Waals surface area contributed by atoms with Crippen LogP contribution in [-0.2, 0) is 28.1 Å². The fourth-order valence-electron chi connectivity index (χ4n) is 2.42. The van der Waals surface area contributed by atoms with Gasteiger partial charge >= 0.3 is 0 Å². The maximum absolute atomic E-state index is 11.9. The summed E-state index contributed by atoms with van der Waals surface area (Å²) in [5, 5.41) is 17.4. The van der Waals surface area contributed by atoms with Crippen molar-refractivity contribution in [3.63, 3.8) is 0 Å². The molecule has 9 heteroatoms. The Bertz CT molecular complexity index is 1020. The Morgan fingerprint density at radius 3 is 2.50 bits per heavy atom. The standard InChI is InChI=1S/C17H19N5O3S/c1-12-8-15(16(9-13(12)2)26(18,23)24)17-19-21-22(20-17)11-25-10-14-6-4-3-5-7-14/h3-9H,10-11H2,1-2H3,(H2,18,23,24). The van der Waals surface area contributed by atoms with Gasteiger partial charge in [0.2, 0.25) is 15.8 Å². The molecule has 136 valence electrons. The van der Waals surface area contributed by atoms with Crippen LogP contribution in [0.15, 0.2) is 47.4 Å². The molecule has 0 spiro atoms. The molecule has 0 bridgehead atoms. The van der Waals surface area contributed by atoms with Crippen molar-refractivity contribution in [1.29, 1.82) is 0 Å². The molecule has 1 aromatic heterocycles. The number of nitrogens with two attached hydrogens (primary N) is 1. The first-order valence-corrected chi connectivity index (χ1v) is 9.43. The number of aromatic nitrogens is 4. The highest BCUT2D eigenvalue weighted by atomic mass is 32.2. The van der Waals surface area contributed by atoms with Crippen LogP contribution in [0.1, 0.15) is 16.7 Å². The van der Waals surface area contributed by atoms with E-state index in [1.165, 1.54) is 10.9 Å². The quantitative estimate of drug-likeness (QED) is 0.705. The summed E-state index contributed by atoms with van der Waals surface area (Å²) in [5.74, 6) is 0.181. The summed E-state index contributed by atoms with van der Waals surface area (Å²) in [7, 11) is -3.91. The Hall–Kier alpha value is -2.62. The summed E-state index contributed by atoms with van der Waals surface area (Å²) in [4.78, 5) is 1.24. The van der Waals surface area contributed by atoms with Gasteiger partial charge in [0.25, 0.3) is 0 Å². The van der Waals surface area contributed by atoms with Crippen molar-refractivity contribution in [3.05, 3.63) is 59.2 Å². The van der Waals surface area contributed by atoms with E-state index in [2.05, 4.69) is 15.4 Å². The van der Waals surface area contributed by atoms with Crippen LogP contribution in [0.3, 0.4) is 0 Å². The van der Waals surface area contributed by atoms with Gasteiger partial charge in [-0.1, -0.05) is 30.3 Å². The lowest BCUT2D eigenvalue weighted by atomic mass is 10.1. The molecule has 26 heavy (non-hydrogen) atoms. The molecule has 0 radical (unpaired) electrons. The Morgan fingerprint density at radius 1 is 1.12 bits per heavy atom. The summed E-state index contributed by atoms with van der Waals surface area (Å²) in [5.41, 5.74) is 3.07. The zero-order valence-corrected chi connectivity index (χ0v) is 15.3. The van der Waals surface area contributed by atoms with Crippen molar-refractivity contribution >= 4 is 10.0 Å². The van der Waals surface area contributed by atoms with Gasteiger partial charge < -0.3 is 4.74 Å². The fraction of sp³-hybridized carbons (Fsp3) is 0.235. The topological polar surface area (TPSA) is 113 Å². The second-order valence-electron chi connectivity index (χ2n) is 5.93. The van der Waals surface area contributed by atoms with E-state index < -0.39 is 10.0 Å². The van der Waals surface area contributed by atoms with Crippen LogP contribution in [0.25, 0.3) is 11.4 Å². The van der Waals surface area contributed by atoms with Crippen LogP contribution in [-0.4, -0.2) is 28.6 Å². The monoisotopic (exact) mass is 373 g/mol. The van der Waals surface area contributed by atoms with Crippen LogP contribution >= 0.6 is 0 Å². The summed E-state index contributed by atoms with van der Waals surface area (Å²) >= 11 is 0. The second-order valence-corrected chi connectivity index (χ2v) is 7.46. The number of primary sulfonamides is 1. The molecule has 0 saturated carbocycles. The average Bonchev–Trinajstić information content (AvgIpc) is 3.06. The normalized spacial score (nSPS) is 11.7. The number of sulfonamides is 1. The van der Waals surface area contributed by atoms with E-state index in [9.17, 15) is 8.42 Å². The first-order valence-electron chi connectivity index (χ1n) is 7.88. The van der Waals surface area contributed by atoms with Crippen molar-refractivity contribution < 1.29 is 13.2 Å². The van der Waals surface area contributed by atoms with E-state index in [1.54, 1.807) is 6.07 Å². The highest BCUT2D eigenvalue weighted by Crippen LogP contribution is 2.26. The lowest BCUT2D eigenvalue weighted by Crippen LogP contribution is -2.14. The van der Waals surface area contributed by atoms with Gasteiger partial charge in [-0.3, -0.25) is 0 Å². The fourth-order valence-corrected chi connectivity index (χ4v) is 3.22. The molecule has 3 aromatic rings. The Morgan fingerprint density at radius 2 is 1.81 bits per heavy atom. The zero-order chi connectivity index (χ0) is 18.7. The molecule has 0 aliphatic heterocycles. The Balaban J connectivity index is 1.80. The van der Waals surface area contributed by atoms with Crippen LogP contribution in [0, 0.1) is 13.8 Å². The number of aryl methyl sites for hydroxylation is 2. The van der Waals surface area contributed by atoms with Crippen molar-refractivity contribution in [3.8, 4) is 11.4 Å². The molecule has 8 nitrogen and oxygen atoms in total. The van der Waals surface area contributed by atoms with Gasteiger partial charge in [-0.2, -0.15) is 0 Å². The third-order valence-corrected chi connectivity index (χ3v) is 4.87. The van der Waals surface area contributed by atoms with E-state index in [0.29, 0.717) is 12.2 Å². The third kappa shape index (κ3) is 4.13. The van der Waals surface area contributed by atoms with E-state index in [0.717, 1.165) is 16.7 Å². The highest BCUT2D eigenvalue weighted by Gasteiger charge is 2.20. The molecule has 0 amide bonds. The predicted octanol–water partition coefficient (Wildman–Crippen LogP) is 1.78. The molecule has 2 aromatic carbocycles. The number of ether oxygens (including phenoxy) is 1. The lowest BCUT2D eigenvalue weighted by molar-refractivity contribution is 0.0459. The van der Waals surface area contributed by atoms with E-state index >= 15 is 0 Å². The summed E-state index contributed by atoms with van der Waals surface area (Å²) in [6.45, 7) is 4.19. The van der Waals surface area contributed by atoms with E-state index in [1.807, 2.05) is 44.2 Å². The number of tetrazole rings is 1. The SMILES string of the molecule is Cc1cc(-c2nnn(COCc3ccccc3)n2)c(S(N)(=O)=O)cc1C. The molecular formula is C17H19N5O3S. The number of hydrogen-bond acceptors (Lipinski definition) is 6. The largest absolute Gasteiger partial charge is 0.353 e. The molecule has 0 aliphatic rings. The zero-order valence-electron chi connectivity index (χ0n) is 14.5. The maximum Gasteiger partial charge on any atom is 0.238 e. The van der Waals surface area contributed by atoms with Crippen LogP contribution in [0.2, 0.25) is 0 Å². The van der Waals surface area contributed by atoms with Gasteiger partial charge in [-0.05, 0) is 47.9 Å². The van der Waals surface area contributed by atoms with Crippen molar-refractivity contribution in [2.45, 2.75) is 32.1 Å². The van der Waals surface area contributed by atoms with Gasteiger partial charge in [0.15, 0.2) is 6.73 Å². The minimum atomic E-state index is -3.91. The Kier molecular flexibility index (Phi) is 5.12. The van der Waals surface area contributed by atoms with E-state index in [4.69, 9.17) is 9.88 Å². The number of rotatable bonds is 6. The van der Waals surface area contributed by atoms with Crippen LogP contribution in [0.4, 0.5) is 0 Å². The van der Waals surface area contributed by atoms with E-state index in [-0.39, 0.29) is 17.5 Å². The highest BCUT2D eigenvalue weighted by molar-refractivity contribution is 7.89. The van der Waals surface area contributed by atoms with Crippen molar-refractivity contribution in [2.75, 3.05) is 0 Å². The first kappa shape index (κ1) is 18.2. The number of nitrogens with zero attached hydrogens (tertiary/aromatic N) is 4. The first-order chi connectivity index (χ1) is 12.3. The lowest BCUT2D eigenvalue weighted by Gasteiger charge is -2.08. The van der Waals surface area contributed by atoms with Crippen LogP contribution in [0.5, 0.6) is 0 Å². The summed E-state index contributed by atoms with van der Waals surface area (Å²) in [6, 6.07) is 12.9. The van der Waals surface area contributed by atoms with Gasteiger partial charge in [0, 0.05) is 5.56 Å². The molecular weight excluding hydrogens is 354 g/mol. The molecule has 3 rings (SSSR count). The Labute approximate surface area is 151 Å². The van der Waals surface area contributed by atoms with Gasteiger partial charge in [0.05, 0.1) is 11.5 Å². The van der Waals surface area contributed by atoms with Crippen LogP contribution < -0.4 is 5.14 Å². The minimum absolute atomic E-state index is 0.0228. The van der Waals surface area contributed by atoms with Crippen molar-refractivity contribution in [1.82, 2.24) is 20.2 Å². The summed E-state index contributed by atoms with van der Waals surface area (Å²) in [6.07, 6.45) is 0. The van der Waals surface area contributed by atoms with Gasteiger partial charge in [0.1, 0.15) is 0 Å². The number of benzene rings is 2. The molecule has 0 aliphatic carbocycles. The molecule has 0 unspecified atom stereocenters. The molecule has 0 fully saturated rings. The molecule has 1 heterocycles. The second kappa shape index (κ2) is 7.32. The third-order valence-electron chi connectivity index (χ3n) is 3.91. The van der Waals surface area contributed by atoms with Gasteiger partial charge in [-0.15, -0.1) is 15.0 Å². The molecule has 2 N–H and O–H groups in total. The predicted molar refractivity (Wildman–Crippen MR) is 95.3 cm³/mol.